The molecule has 0 aliphatic heterocycles. The zero-order chi connectivity index (χ0) is 14.0. The summed E-state index contributed by atoms with van der Waals surface area (Å²) in [5.41, 5.74) is 1.41. The Morgan fingerprint density at radius 2 is 2.00 bits per heavy atom. The molecular weight excluding hydrogens is 266 g/mol. The van der Waals surface area contributed by atoms with Crippen molar-refractivity contribution in [1.29, 1.82) is 0 Å². The van der Waals surface area contributed by atoms with Crippen LogP contribution in [0.2, 0.25) is 0 Å². The maximum atomic E-state index is 12.0. The second kappa shape index (κ2) is 5.11. The van der Waals surface area contributed by atoms with E-state index in [0.29, 0.717) is 5.56 Å². The van der Waals surface area contributed by atoms with Crippen molar-refractivity contribution in [2.24, 2.45) is 0 Å². The standard InChI is InChI=1S/C13H11NO4S/c1-7-5-19-6-9(7)12(16)14-10-4-8(13(17)18)2-3-11(10)15/h2-6,15H,1H3,(H,14,16)(H,17,18). The molecule has 5 nitrogen and oxygen atoms in total. The zero-order valence-corrected chi connectivity index (χ0v) is 10.8. The monoisotopic (exact) mass is 277 g/mol. The molecule has 0 aliphatic rings. The Labute approximate surface area is 113 Å². The lowest BCUT2D eigenvalue weighted by Gasteiger charge is -2.08. The van der Waals surface area contributed by atoms with E-state index in [2.05, 4.69) is 5.32 Å². The van der Waals surface area contributed by atoms with Crippen LogP contribution in [0.1, 0.15) is 26.3 Å². The van der Waals surface area contributed by atoms with Crippen LogP contribution in [-0.2, 0) is 0 Å². The topological polar surface area (TPSA) is 86.6 Å². The third kappa shape index (κ3) is 2.74. The summed E-state index contributed by atoms with van der Waals surface area (Å²) in [4.78, 5) is 22.8. The lowest BCUT2D eigenvalue weighted by Crippen LogP contribution is -2.12. The molecule has 0 unspecified atom stereocenters. The van der Waals surface area contributed by atoms with Gasteiger partial charge in [0, 0.05) is 5.38 Å². The minimum Gasteiger partial charge on any atom is -0.506 e. The van der Waals surface area contributed by atoms with E-state index < -0.39 is 5.97 Å². The molecular formula is C13H11NO4S. The second-order valence-electron chi connectivity index (χ2n) is 3.96. The van der Waals surface area contributed by atoms with Gasteiger partial charge in [0.15, 0.2) is 0 Å². The average Bonchev–Trinajstić information content (AvgIpc) is 2.78. The van der Waals surface area contributed by atoms with E-state index in [4.69, 9.17) is 5.11 Å². The Balaban J connectivity index is 2.28. The van der Waals surface area contributed by atoms with Gasteiger partial charge in [-0.2, -0.15) is 11.3 Å². The van der Waals surface area contributed by atoms with E-state index in [0.717, 1.165) is 5.56 Å². The predicted molar refractivity (Wildman–Crippen MR) is 72.1 cm³/mol. The van der Waals surface area contributed by atoms with E-state index in [9.17, 15) is 14.7 Å². The fraction of sp³-hybridized carbons (Fsp3) is 0.0769. The Morgan fingerprint density at radius 3 is 2.58 bits per heavy atom. The number of carboxylic acids is 1. The van der Waals surface area contributed by atoms with Crippen LogP contribution in [0, 0.1) is 6.92 Å². The minimum atomic E-state index is -1.12. The van der Waals surface area contributed by atoms with Crippen molar-refractivity contribution < 1.29 is 19.8 Å². The number of aryl methyl sites for hydroxylation is 1. The van der Waals surface area contributed by atoms with Crippen molar-refractivity contribution in [3.05, 3.63) is 45.6 Å². The van der Waals surface area contributed by atoms with E-state index in [1.54, 1.807) is 12.3 Å². The maximum absolute atomic E-state index is 12.0. The highest BCUT2D eigenvalue weighted by Gasteiger charge is 2.14. The number of carbonyl (C=O) groups is 2. The van der Waals surface area contributed by atoms with Crippen molar-refractivity contribution in [3.8, 4) is 5.75 Å². The van der Waals surface area contributed by atoms with Crippen LogP contribution in [-0.4, -0.2) is 22.1 Å². The Bertz CT molecular complexity index is 648. The first-order valence-corrected chi connectivity index (χ1v) is 6.34. The van der Waals surface area contributed by atoms with Gasteiger partial charge in [0.1, 0.15) is 5.75 Å². The quantitative estimate of drug-likeness (QED) is 0.753. The molecule has 2 aromatic rings. The highest BCUT2D eigenvalue weighted by molar-refractivity contribution is 7.08. The number of aromatic hydroxyl groups is 1. The second-order valence-corrected chi connectivity index (χ2v) is 4.70. The summed E-state index contributed by atoms with van der Waals surface area (Å²) in [7, 11) is 0. The van der Waals surface area contributed by atoms with Gasteiger partial charge in [-0.15, -0.1) is 0 Å². The van der Waals surface area contributed by atoms with E-state index in [1.807, 2.05) is 5.38 Å². The summed E-state index contributed by atoms with van der Waals surface area (Å²) in [6.45, 7) is 1.80. The molecule has 98 valence electrons. The van der Waals surface area contributed by atoms with Gasteiger partial charge in [-0.1, -0.05) is 0 Å². The summed E-state index contributed by atoms with van der Waals surface area (Å²) in [6.07, 6.45) is 0. The minimum absolute atomic E-state index is 0.00450. The molecule has 0 bridgehead atoms. The largest absolute Gasteiger partial charge is 0.506 e. The number of amides is 1. The third-order valence-corrected chi connectivity index (χ3v) is 3.45. The fourth-order valence-electron chi connectivity index (χ4n) is 1.55. The van der Waals surface area contributed by atoms with Gasteiger partial charge in [0.2, 0.25) is 0 Å². The number of thiophene rings is 1. The van der Waals surface area contributed by atoms with Gasteiger partial charge in [0.25, 0.3) is 5.91 Å². The maximum Gasteiger partial charge on any atom is 0.335 e. The van der Waals surface area contributed by atoms with Crippen molar-refractivity contribution in [2.75, 3.05) is 5.32 Å². The number of rotatable bonds is 3. The fourth-order valence-corrected chi connectivity index (χ4v) is 2.38. The van der Waals surface area contributed by atoms with Crippen LogP contribution in [0.3, 0.4) is 0 Å². The molecule has 0 atom stereocenters. The van der Waals surface area contributed by atoms with Crippen LogP contribution in [0.4, 0.5) is 5.69 Å². The highest BCUT2D eigenvalue weighted by Crippen LogP contribution is 2.25. The summed E-state index contributed by atoms with van der Waals surface area (Å²) < 4.78 is 0. The number of nitrogens with one attached hydrogen (secondary N) is 1. The number of hydrogen-bond donors (Lipinski definition) is 3. The van der Waals surface area contributed by atoms with Crippen LogP contribution >= 0.6 is 11.3 Å². The molecule has 3 N–H and O–H groups in total. The molecule has 0 saturated carbocycles. The molecule has 0 aliphatic carbocycles. The summed E-state index contributed by atoms with van der Waals surface area (Å²) >= 11 is 1.40. The van der Waals surface area contributed by atoms with Crippen LogP contribution in [0.5, 0.6) is 5.75 Å². The number of carboxylic acid groups (broad SMARTS) is 1. The van der Waals surface area contributed by atoms with Crippen LogP contribution in [0.25, 0.3) is 0 Å². The van der Waals surface area contributed by atoms with Gasteiger partial charge < -0.3 is 15.5 Å². The first-order chi connectivity index (χ1) is 8.99. The summed E-state index contributed by atoms with van der Waals surface area (Å²) in [5, 5.41) is 24.5. The molecule has 6 heteroatoms. The van der Waals surface area contributed by atoms with Gasteiger partial charge >= 0.3 is 5.97 Å². The molecule has 0 spiro atoms. The van der Waals surface area contributed by atoms with Crippen molar-refractivity contribution in [2.45, 2.75) is 6.92 Å². The molecule has 1 aromatic heterocycles. The summed E-state index contributed by atoms with van der Waals surface area (Å²) in [5.74, 6) is -1.68. The smallest absolute Gasteiger partial charge is 0.335 e. The summed E-state index contributed by atoms with van der Waals surface area (Å²) in [6, 6.07) is 3.72. The van der Waals surface area contributed by atoms with Gasteiger partial charge in [-0.3, -0.25) is 4.79 Å². The van der Waals surface area contributed by atoms with E-state index in [-0.39, 0.29) is 22.9 Å². The molecule has 0 saturated heterocycles. The van der Waals surface area contributed by atoms with Crippen molar-refractivity contribution in [1.82, 2.24) is 0 Å². The molecule has 0 fully saturated rings. The molecule has 1 amide bonds. The number of benzene rings is 1. The van der Waals surface area contributed by atoms with Gasteiger partial charge in [-0.05, 0) is 36.1 Å². The van der Waals surface area contributed by atoms with Gasteiger partial charge in [-0.25, -0.2) is 4.79 Å². The van der Waals surface area contributed by atoms with Crippen LogP contribution < -0.4 is 5.32 Å². The van der Waals surface area contributed by atoms with Gasteiger partial charge in [0.05, 0.1) is 16.8 Å². The first-order valence-electron chi connectivity index (χ1n) is 5.39. The molecule has 1 heterocycles. The lowest BCUT2D eigenvalue weighted by molar-refractivity contribution is 0.0696. The third-order valence-electron chi connectivity index (χ3n) is 2.59. The number of anilines is 1. The van der Waals surface area contributed by atoms with E-state index in [1.165, 1.54) is 29.5 Å². The Kier molecular flexibility index (Phi) is 3.52. The molecule has 0 radical (unpaired) electrons. The SMILES string of the molecule is Cc1cscc1C(=O)Nc1cc(C(=O)O)ccc1O. The van der Waals surface area contributed by atoms with E-state index >= 15 is 0 Å². The molecule has 19 heavy (non-hydrogen) atoms. The van der Waals surface area contributed by atoms with Crippen LogP contribution in [0.15, 0.2) is 29.0 Å². The Hall–Kier alpha value is -2.34. The molecule has 1 aromatic carbocycles. The normalized spacial score (nSPS) is 10.2. The average molecular weight is 277 g/mol. The highest BCUT2D eigenvalue weighted by atomic mass is 32.1. The zero-order valence-electron chi connectivity index (χ0n) is 10.0. The number of phenols is 1. The number of aromatic carboxylic acids is 1. The Morgan fingerprint density at radius 1 is 1.26 bits per heavy atom. The molecule has 2 rings (SSSR count). The van der Waals surface area contributed by atoms with Crippen molar-refractivity contribution in [3.63, 3.8) is 0 Å². The van der Waals surface area contributed by atoms with Crippen molar-refractivity contribution >= 4 is 28.9 Å². The number of carbonyl (C=O) groups excluding carboxylic acids is 1. The number of phenolic OH excluding ortho intramolecular Hbond substituents is 1. The number of hydrogen-bond acceptors (Lipinski definition) is 4. The first kappa shape index (κ1) is 13.1. The predicted octanol–water partition coefficient (Wildman–Crippen LogP) is 2.71. The lowest BCUT2D eigenvalue weighted by atomic mass is 10.1.